The van der Waals surface area contributed by atoms with E-state index >= 15 is 0 Å². The van der Waals surface area contributed by atoms with Crippen LogP contribution in [0.3, 0.4) is 0 Å². The van der Waals surface area contributed by atoms with Gasteiger partial charge >= 0.3 is 0 Å². The summed E-state index contributed by atoms with van der Waals surface area (Å²) in [5.74, 6) is 0. The largest absolute Gasteiger partial charge is 0.310 e. The lowest BCUT2D eigenvalue weighted by molar-refractivity contribution is 0.563. The zero-order valence-corrected chi connectivity index (χ0v) is 28.8. The average molecular weight is 652 g/mol. The molecule has 2 aliphatic rings. The molecule has 8 aromatic carbocycles. The third-order valence-electron chi connectivity index (χ3n) is 11.5. The fourth-order valence-electron chi connectivity index (χ4n) is 9.26. The molecule has 0 saturated heterocycles. The highest BCUT2D eigenvalue weighted by Gasteiger charge is 2.53. The Morgan fingerprint density at radius 1 is 0.353 bits per heavy atom. The van der Waals surface area contributed by atoms with E-state index in [0.29, 0.717) is 0 Å². The summed E-state index contributed by atoms with van der Waals surface area (Å²) in [4.78, 5) is 2.47. The van der Waals surface area contributed by atoms with E-state index in [4.69, 9.17) is 0 Å². The Morgan fingerprint density at radius 3 is 1.59 bits per heavy atom. The molecule has 0 radical (unpaired) electrons. The number of hydrogen-bond acceptors (Lipinski definition) is 1. The molecule has 51 heavy (non-hydrogen) atoms. The Morgan fingerprint density at radius 2 is 0.863 bits per heavy atom. The van der Waals surface area contributed by atoms with Gasteiger partial charge in [-0.05, 0) is 91.2 Å². The van der Waals surface area contributed by atoms with E-state index in [1.165, 1.54) is 66.4 Å². The van der Waals surface area contributed by atoms with E-state index in [0.717, 1.165) is 17.1 Å². The summed E-state index contributed by atoms with van der Waals surface area (Å²) >= 11 is 0. The van der Waals surface area contributed by atoms with Gasteiger partial charge in [-0.1, -0.05) is 172 Å². The Labute approximate surface area is 300 Å². The topological polar surface area (TPSA) is 3.24 Å². The van der Waals surface area contributed by atoms with Crippen molar-refractivity contribution in [2.75, 3.05) is 4.90 Å². The van der Waals surface area contributed by atoms with Crippen molar-refractivity contribution >= 4 is 27.8 Å². The number of fused-ring (bicyclic) bond motifs is 10. The maximum Gasteiger partial charge on any atom is 0.0720 e. The Balaban J connectivity index is 1.29. The molecule has 0 N–H and O–H groups in total. The van der Waals surface area contributed by atoms with Crippen LogP contribution in [0.15, 0.2) is 188 Å². The minimum atomic E-state index is -0.460. The minimum absolute atomic E-state index is 0.139. The van der Waals surface area contributed by atoms with Crippen molar-refractivity contribution in [2.24, 2.45) is 0 Å². The smallest absolute Gasteiger partial charge is 0.0720 e. The second-order valence-corrected chi connectivity index (χ2v) is 14.5. The molecule has 0 fully saturated rings. The van der Waals surface area contributed by atoms with E-state index in [1.54, 1.807) is 0 Å². The van der Waals surface area contributed by atoms with Gasteiger partial charge < -0.3 is 4.90 Å². The number of para-hydroxylation sites is 1. The maximum absolute atomic E-state index is 2.50. The van der Waals surface area contributed by atoms with Crippen LogP contribution in [0.1, 0.15) is 47.2 Å². The molecule has 0 aromatic heterocycles. The van der Waals surface area contributed by atoms with Gasteiger partial charge in [-0.15, -0.1) is 0 Å². The molecule has 1 nitrogen and oxygen atoms in total. The first-order valence-electron chi connectivity index (χ1n) is 17.9. The van der Waals surface area contributed by atoms with Gasteiger partial charge in [0.05, 0.1) is 11.1 Å². The Kier molecular flexibility index (Phi) is 6.51. The Hall–Kier alpha value is -6.18. The van der Waals surface area contributed by atoms with Gasteiger partial charge in [0.15, 0.2) is 0 Å². The van der Waals surface area contributed by atoms with Crippen LogP contribution in [0.2, 0.25) is 0 Å². The van der Waals surface area contributed by atoms with Gasteiger partial charge in [-0.25, -0.2) is 0 Å². The van der Waals surface area contributed by atoms with Gasteiger partial charge in [0.2, 0.25) is 0 Å². The number of hydrogen-bond donors (Lipinski definition) is 0. The summed E-state index contributed by atoms with van der Waals surface area (Å²) in [5, 5.41) is 2.46. The molecule has 2 aliphatic carbocycles. The molecule has 0 aliphatic heterocycles. The molecule has 0 heterocycles. The quantitative estimate of drug-likeness (QED) is 0.183. The number of rotatable bonds is 4. The van der Waals surface area contributed by atoms with Crippen molar-refractivity contribution in [3.8, 4) is 22.3 Å². The molecule has 10 rings (SSSR count). The van der Waals surface area contributed by atoms with Crippen LogP contribution in [-0.2, 0) is 10.8 Å². The van der Waals surface area contributed by atoms with Crippen molar-refractivity contribution in [2.45, 2.75) is 24.7 Å². The summed E-state index contributed by atoms with van der Waals surface area (Å²) in [6, 6.07) is 69.8. The van der Waals surface area contributed by atoms with Crippen LogP contribution in [0.4, 0.5) is 17.1 Å². The minimum Gasteiger partial charge on any atom is -0.310 e. The zero-order valence-electron chi connectivity index (χ0n) is 28.8. The van der Waals surface area contributed by atoms with Crippen LogP contribution < -0.4 is 4.90 Å². The molecule has 1 heteroatoms. The van der Waals surface area contributed by atoms with Crippen molar-refractivity contribution in [1.82, 2.24) is 0 Å². The maximum atomic E-state index is 2.50. The lowest BCUT2D eigenvalue weighted by Crippen LogP contribution is -2.40. The molecule has 0 unspecified atom stereocenters. The lowest BCUT2D eigenvalue weighted by atomic mass is 9.55. The second kappa shape index (κ2) is 11.2. The normalized spacial score (nSPS) is 14.4. The third-order valence-corrected chi connectivity index (χ3v) is 11.5. The number of nitrogens with zero attached hydrogens (tertiary/aromatic N) is 1. The van der Waals surface area contributed by atoms with Crippen LogP contribution in [0.5, 0.6) is 0 Å². The number of benzene rings is 8. The molecule has 0 atom stereocenters. The van der Waals surface area contributed by atoms with Gasteiger partial charge in [0.25, 0.3) is 0 Å². The van der Waals surface area contributed by atoms with Crippen LogP contribution >= 0.6 is 0 Å². The second-order valence-electron chi connectivity index (χ2n) is 14.5. The molecule has 8 aromatic rings. The fraction of sp³-hybridized carbons (Fsp3) is 0.0800. The standard InChI is InChI=1S/C50H37N/c1-49(2)43-23-11-13-25-45(43)50(46-26-14-12-24-44(46)49)42-22-10-8-21-40(42)41-31-30-38(33-47(41)50)51(37-29-28-34-16-6-7-19-36(34)32-37)48-27-15-9-20-39(48)35-17-4-3-5-18-35/h3-33H,1-2H3. The van der Waals surface area contributed by atoms with Gasteiger partial charge in [-0.3, -0.25) is 0 Å². The van der Waals surface area contributed by atoms with E-state index in [1.807, 2.05) is 0 Å². The fourth-order valence-corrected chi connectivity index (χ4v) is 9.26. The molecule has 242 valence electrons. The highest BCUT2D eigenvalue weighted by molar-refractivity contribution is 5.95. The van der Waals surface area contributed by atoms with E-state index in [2.05, 4.69) is 207 Å². The van der Waals surface area contributed by atoms with Gasteiger partial charge in [-0.2, -0.15) is 0 Å². The predicted octanol–water partition coefficient (Wildman–Crippen LogP) is 13.0. The zero-order chi connectivity index (χ0) is 34.2. The lowest BCUT2D eigenvalue weighted by Gasteiger charge is -2.46. The summed E-state index contributed by atoms with van der Waals surface area (Å²) in [6.45, 7) is 4.77. The SMILES string of the molecule is CC1(C)c2ccccc2C2(c3ccccc3-c3ccc(N(c4ccc5ccccc5c4)c4ccccc4-c4ccccc4)cc32)c2ccccc21. The molecule has 0 bridgehead atoms. The highest BCUT2D eigenvalue weighted by atomic mass is 15.1. The first kappa shape index (κ1) is 29.7. The summed E-state index contributed by atoms with van der Waals surface area (Å²) in [5.41, 5.74) is 16.0. The van der Waals surface area contributed by atoms with E-state index < -0.39 is 5.41 Å². The third kappa shape index (κ3) is 4.22. The van der Waals surface area contributed by atoms with E-state index in [9.17, 15) is 0 Å². The first-order valence-corrected chi connectivity index (χ1v) is 17.9. The summed E-state index contributed by atoms with van der Waals surface area (Å²) < 4.78 is 0. The molecule has 0 amide bonds. The molecular formula is C50H37N. The van der Waals surface area contributed by atoms with Crippen molar-refractivity contribution in [3.05, 3.63) is 221 Å². The predicted molar refractivity (Wildman–Crippen MR) is 213 cm³/mol. The average Bonchev–Trinajstić information content (AvgIpc) is 3.48. The van der Waals surface area contributed by atoms with E-state index in [-0.39, 0.29) is 5.41 Å². The van der Waals surface area contributed by atoms with Crippen LogP contribution in [-0.4, -0.2) is 0 Å². The molecular weight excluding hydrogens is 615 g/mol. The molecule has 1 spiro atoms. The van der Waals surface area contributed by atoms with Gasteiger partial charge in [0.1, 0.15) is 0 Å². The monoisotopic (exact) mass is 651 g/mol. The van der Waals surface area contributed by atoms with Crippen LogP contribution in [0.25, 0.3) is 33.0 Å². The van der Waals surface area contributed by atoms with Crippen molar-refractivity contribution < 1.29 is 0 Å². The highest BCUT2D eigenvalue weighted by Crippen LogP contribution is 2.62. The Bertz CT molecular complexity index is 2580. The van der Waals surface area contributed by atoms with Gasteiger partial charge in [0, 0.05) is 22.4 Å². The summed E-state index contributed by atoms with van der Waals surface area (Å²) in [7, 11) is 0. The summed E-state index contributed by atoms with van der Waals surface area (Å²) in [6.07, 6.45) is 0. The van der Waals surface area contributed by atoms with Crippen LogP contribution in [0, 0.1) is 0 Å². The van der Waals surface area contributed by atoms with Crippen molar-refractivity contribution in [3.63, 3.8) is 0 Å². The molecule has 0 saturated carbocycles. The number of anilines is 3. The van der Waals surface area contributed by atoms with Crippen molar-refractivity contribution in [1.29, 1.82) is 0 Å². The first-order chi connectivity index (χ1) is 25.1.